The van der Waals surface area contributed by atoms with Gasteiger partial charge in [0.2, 0.25) is 11.8 Å². The highest BCUT2D eigenvalue weighted by Crippen LogP contribution is 2.34. The number of carbonyl (C=O) groups is 2. The number of pyridine rings is 1. The van der Waals surface area contributed by atoms with Gasteiger partial charge in [0.05, 0.1) is 11.8 Å². The molecular weight excluding hydrogens is 378 g/mol. The molecule has 1 saturated carbocycles. The summed E-state index contributed by atoms with van der Waals surface area (Å²) in [6, 6.07) is 9.09. The fraction of sp³-hybridized carbons (Fsp3) is 0.375. The number of ether oxygens (including phenoxy) is 1. The van der Waals surface area contributed by atoms with Crippen molar-refractivity contribution in [1.29, 1.82) is 0 Å². The number of nitrogens with one attached hydrogen (secondary N) is 1. The standard InChI is InChI=1S/C24H29N3O3/c1-16-8-17(2)10-18(9-16)6-7-23(28)27-21-5-3-4-19(11-21)15-30-22-12-20(24(25)29)13-26-14-22/h3-5,11-14,17-18H,1,6-10,15H2,2H3,(H2,25,29)(H,27,28). The van der Waals surface area contributed by atoms with E-state index in [1.54, 1.807) is 6.07 Å². The van der Waals surface area contributed by atoms with Crippen LogP contribution in [0.3, 0.4) is 0 Å². The van der Waals surface area contributed by atoms with E-state index in [4.69, 9.17) is 10.5 Å². The average molecular weight is 408 g/mol. The summed E-state index contributed by atoms with van der Waals surface area (Å²) < 4.78 is 5.70. The molecule has 0 spiro atoms. The van der Waals surface area contributed by atoms with E-state index in [1.165, 1.54) is 24.4 Å². The monoisotopic (exact) mass is 407 g/mol. The highest BCUT2D eigenvalue weighted by molar-refractivity contribution is 5.92. The Balaban J connectivity index is 1.50. The maximum absolute atomic E-state index is 12.4. The molecule has 3 rings (SSSR count). The Morgan fingerprint density at radius 2 is 2.10 bits per heavy atom. The van der Waals surface area contributed by atoms with E-state index in [0.717, 1.165) is 30.5 Å². The first kappa shape index (κ1) is 21.6. The summed E-state index contributed by atoms with van der Waals surface area (Å²) in [5, 5.41) is 2.98. The van der Waals surface area contributed by atoms with Crippen LogP contribution in [-0.4, -0.2) is 16.8 Å². The van der Waals surface area contributed by atoms with Gasteiger partial charge >= 0.3 is 0 Å². The highest BCUT2D eigenvalue weighted by Gasteiger charge is 2.21. The molecule has 1 aliphatic rings. The first-order valence-corrected chi connectivity index (χ1v) is 10.3. The molecule has 0 saturated heterocycles. The molecule has 158 valence electrons. The van der Waals surface area contributed by atoms with Crippen LogP contribution in [0.25, 0.3) is 0 Å². The summed E-state index contributed by atoms with van der Waals surface area (Å²) in [7, 11) is 0. The number of rotatable bonds is 8. The lowest BCUT2D eigenvalue weighted by Crippen LogP contribution is -2.18. The minimum Gasteiger partial charge on any atom is -0.487 e. The molecule has 1 heterocycles. The van der Waals surface area contributed by atoms with E-state index in [-0.39, 0.29) is 12.5 Å². The van der Waals surface area contributed by atoms with Crippen LogP contribution in [0, 0.1) is 11.8 Å². The molecule has 6 nitrogen and oxygen atoms in total. The van der Waals surface area contributed by atoms with Gasteiger partial charge in [-0.05, 0) is 61.3 Å². The molecule has 1 aromatic heterocycles. The Bertz CT molecular complexity index is 925. The van der Waals surface area contributed by atoms with E-state index < -0.39 is 5.91 Å². The van der Waals surface area contributed by atoms with E-state index in [1.807, 2.05) is 24.3 Å². The third-order valence-corrected chi connectivity index (χ3v) is 5.34. The number of nitrogens with zero attached hydrogens (tertiary/aromatic N) is 1. The summed E-state index contributed by atoms with van der Waals surface area (Å²) in [4.78, 5) is 27.6. The number of hydrogen-bond acceptors (Lipinski definition) is 4. The predicted octanol–water partition coefficient (Wildman–Crippen LogP) is 4.47. The minimum absolute atomic E-state index is 0.0234. The van der Waals surface area contributed by atoms with Crippen molar-refractivity contribution in [3.63, 3.8) is 0 Å². The number of amides is 2. The number of nitrogens with two attached hydrogens (primary N) is 1. The van der Waals surface area contributed by atoms with Crippen molar-refractivity contribution < 1.29 is 14.3 Å². The quantitative estimate of drug-likeness (QED) is 0.631. The molecule has 0 radical (unpaired) electrons. The zero-order chi connectivity index (χ0) is 21.5. The van der Waals surface area contributed by atoms with Crippen LogP contribution in [0.15, 0.2) is 54.9 Å². The molecule has 1 aliphatic carbocycles. The van der Waals surface area contributed by atoms with Gasteiger partial charge in [0.15, 0.2) is 0 Å². The van der Waals surface area contributed by atoms with E-state index in [2.05, 4.69) is 23.8 Å². The van der Waals surface area contributed by atoms with Gasteiger partial charge in [-0.2, -0.15) is 0 Å². The molecule has 1 aromatic carbocycles. The highest BCUT2D eigenvalue weighted by atomic mass is 16.5. The molecule has 2 amide bonds. The normalized spacial score (nSPS) is 18.6. The second-order valence-electron chi connectivity index (χ2n) is 8.21. The Hall–Kier alpha value is -3.15. The van der Waals surface area contributed by atoms with Crippen molar-refractivity contribution in [3.8, 4) is 5.75 Å². The van der Waals surface area contributed by atoms with Crippen LogP contribution in [0.1, 0.15) is 54.9 Å². The maximum Gasteiger partial charge on any atom is 0.250 e. The lowest BCUT2D eigenvalue weighted by molar-refractivity contribution is -0.116. The summed E-state index contributed by atoms with van der Waals surface area (Å²) in [6.07, 6.45) is 7.65. The number of hydrogen-bond donors (Lipinski definition) is 2. The van der Waals surface area contributed by atoms with Gasteiger partial charge in [-0.15, -0.1) is 0 Å². The van der Waals surface area contributed by atoms with E-state index in [0.29, 0.717) is 29.6 Å². The van der Waals surface area contributed by atoms with Crippen LogP contribution in [0.5, 0.6) is 5.75 Å². The van der Waals surface area contributed by atoms with Crippen LogP contribution < -0.4 is 15.8 Å². The molecule has 2 unspecified atom stereocenters. The van der Waals surface area contributed by atoms with Crippen LogP contribution >= 0.6 is 0 Å². The second kappa shape index (κ2) is 10.1. The van der Waals surface area contributed by atoms with Gasteiger partial charge in [-0.1, -0.05) is 31.2 Å². The van der Waals surface area contributed by atoms with Crippen molar-refractivity contribution in [2.24, 2.45) is 17.6 Å². The lowest BCUT2D eigenvalue weighted by atomic mass is 9.78. The molecule has 2 aromatic rings. The number of allylic oxidation sites excluding steroid dienone is 1. The zero-order valence-corrected chi connectivity index (χ0v) is 17.4. The summed E-state index contributed by atoms with van der Waals surface area (Å²) >= 11 is 0. The smallest absolute Gasteiger partial charge is 0.250 e. The Morgan fingerprint density at radius 1 is 1.27 bits per heavy atom. The van der Waals surface area contributed by atoms with Crippen molar-refractivity contribution in [2.45, 2.75) is 45.6 Å². The van der Waals surface area contributed by atoms with Crippen molar-refractivity contribution >= 4 is 17.5 Å². The molecular formula is C24H29N3O3. The molecule has 0 bridgehead atoms. The van der Waals surface area contributed by atoms with Crippen LogP contribution in [0.4, 0.5) is 5.69 Å². The maximum atomic E-state index is 12.4. The minimum atomic E-state index is -0.551. The van der Waals surface area contributed by atoms with E-state index >= 15 is 0 Å². The van der Waals surface area contributed by atoms with Gasteiger partial charge < -0.3 is 15.8 Å². The summed E-state index contributed by atoms with van der Waals surface area (Å²) in [5.74, 6) is 1.15. The van der Waals surface area contributed by atoms with E-state index in [9.17, 15) is 9.59 Å². The summed E-state index contributed by atoms with van der Waals surface area (Å²) in [6.45, 7) is 6.68. The molecule has 1 fully saturated rings. The molecule has 2 atom stereocenters. The third-order valence-electron chi connectivity index (χ3n) is 5.34. The number of primary amides is 1. The second-order valence-corrected chi connectivity index (χ2v) is 8.21. The first-order valence-electron chi connectivity index (χ1n) is 10.3. The van der Waals surface area contributed by atoms with Crippen molar-refractivity contribution in [1.82, 2.24) is 4.98 Å². The van der Waals surface area contributed by atoms with Gasteiger partial charge in [0, 0.05) is 18.3 Å². The number of anilines is 1. The number of carbonyl (C=O) groups excluding carboxylic acids is 2. The Morgan fingerprint density at radius 3 is 2.87 bits per heavy atom. The van der Waals surface area contributed by atoms with Crippen LogP contribution in [0.2, 0.25) is 0 Å². The molecule has 3 N–H and O–H groups in total. The zero-order valence-electron chi connectivity index (χ0n) is 17.4. The topological polar surface area (TPSA) is 94.3 Å². The van der Waals surface area contributed by atoms with Crippen LogP contribution in [-0.2, 0) is 11.4 Å². The van der Waals surface area contributed by atoms with Gasteiger partial charge in [-0.25, -0.2) is 0 Å². The third kappa shape index (κ3) is 6.44. The first-order chi connectivity index (χ1) is 14.4. The van der Waals surface area contributed by atoms with Gasteiger partial charge in [-0.3, -0.25) is 14.6 Å². The van der Waals surface area contributed by atoms with Gasteiger partial charge in [0.1, 0.15) is 12.4 Å². The Labute approximate surface area is 177 Å². The lowest BCUT2D eigenvalue weighted by Gasteiger charge is -2.28. The fourth-order valence-corrected chi connectivity index (χ4v) is 4.04. The van der Waals surface area contributed by atoms with Crippen molar-refractivity contribution in [2.75, 3.05) is 5.32 Å². The summed E-state index contributed by atoms with van der Waals surface area (Å²) in [5.41, 5.74) is 8.51. The number of benzene rings is 1. The van der Waals surface area contributed by atoms with Gasteiger partial charge in [0.25, 0.3) is 0 Å². The number of aromatic nitrogens is 1. The largest absolute Gasteiger partial charge is 0.487 e. The molecule has 6 heteroatoms. The predicted molar refractivity (Wildman–Crippen MR) is 117 cm³/mol. The molecule has 0 aliphatic heterocycles. The van der Waals surface area contributed by atoms with Crippen molar-refractivity contribution in [3.05, 3.63) is 66.0 Å². The molecule has 30 heavy (non-hydrogen) atoms. The SMILES string of the molecule is C=C1CC(C)CC(CCC(=O)Nc2cccc(COc3cncc(C(N)=O)c3)c2)C1. The fourth-order valence-electron chi connectivity index (χ4n) is 4.04. The Kier molecular flexibility index (Phi) is 7.22. The average Bonchev–Trinajstić information content (AvgIpc) is 2.70.